The van der Waals surface area contributed by atoms with E-state index in [2.05, 4.69) is 65.2 Å². The molecular formula is C29H24N8. The summed E-state index contributed by atoms with van der Waals surface area (Å²) in [6.45, 7) is 4.22. The van der Waals surface area contributed by atoms with Crippen LogP contribution < -0.4 is 5.32 Å². The maximum absolute atomic E-state index is 4.62. The zero-order chi connectivity index (χ0) is 24.8. The van der Waals surface area contributed by atoms with Crippen LogP contribution in [0.4, 0.5) is 5.69 Å². The first-order chi connectivity index (χ1) is 18.2. The van der Waals surface area contributed by atoms with Gasteiger partial charge in [-0.3, -0.25) is 15.1 Å². The molecule has 6 heterocycles. The molecule has 0 spiro atoms. The van der Waals surface area contributed by atoms with Gasteiger partial charge in [0.05, 0.1) is 23.3 Å². The van der Waals surface area contributed by atoms with Gasteiger partial charge in [0.1, 0.15) is 5.65 Å². The van der Waals surface area contributed by atoms with Crippen molar-refractivity contribution < 1.29 is 0 Å². The minimum absolute atomic E-state index is 0.556. The Morgan fingerprint density at radius 1 is 0.865 bits per heavy atom. The fourth-order valence-corrected chi connectivity index (χ4v) is 4.92. The Morgan fingerprint density at radius 2 is 1.73 bits per heavy atom. The van der Waals surface area contributed by atoms with Gasteiger partial charge >= 0.3 is 0 Å². The molecule has 8 heteroatoms. The molecule has 0 radical (unpaired) electrons. The summed E-state index contributed by atoms with van der Waals surface area (Å²) in [5, 5.41) is 13.0. The molecule has 0 atom stereocenters. The molecule has 1 fully saturated rings. The summed E-state index contributed by atoms with van der Waals surface area (Å²) in [6, 6.07) is 12.3. The molecular weight excluding hydrogens is 460 g/mol. The van der Waals surface area contributed by atoms with Crippen molar-refractivity contribution in [3.8, 4) is 33.6 Å². The molecule has 1 aliphatic carbocycles. The Bertz CT molecular complexity index is 1760. The molecule has 8 nitrogen and oxygen atoms in total. The Labute approximate surface area is 212 Å². The third-order valence-electron chi connectivity index (χ3n) is 7.18. The molecule has 180 valence electrons. The van der Waals surface area contributed by atoms with Crippen molar-refractivity contribution in [2.75, 3.05) is 5.32 Å². The Morgan fingerprint density at radius 3 is 2.57 bits per heavy atom. The summed E-state index contributed by atoms with van der Waals surface area (Å²) in [4.78, 5) is 21.2. The lowest BCUT2D eigenvalue weighted by Crippen LogP contribution is -2.18. The van der Waals surface area contributed by atoms with Gasteiger partial charge in [0.15, 0.2) is 5.65 Å². The number of aromatic amines is 2. The number of pyridine rings is 4. The molecule has 0 aromatic carbocycles. The number of rotatable bonds is 6. The van der Waals surface area contributed by atoms with Gasteiger partial charge in [-0.15, -0.1) is 0 Å². The second-order valence-corrected chi connectivity index (χ2v) is 9.47. The molecule has 6 aromatic rings. The predicted molar refractivity (Wildman–Crippen MR) is 146 cm³/mol. The van der Waals surface area contributed by atoms with Crippen LogP contribution >= 0.6 is 0 Å². The number of allylic oxidation sites excluding steroid dienone is 1. The number of hydrogen-bond acceptors (Lipinski definition) is 6. The number of nitrogens with one attached hydrogen (secondary N) is 3. The van der Waals surface area contributed by atoms with Crippen molar-refractivity contribution >= 4 is 27.8 Å². The van der Waals surface area contributed by atoms with Crippen molar-refractivity contribution in [3.05, 3.63) is 85.9 Å². The third kappa shape index (κ3) is 3.83. The average Bonchev–Trinajstić information content (AvgIpc) is 3.52. The molecule has 3 N–H and O–H groups in total. The molecule has 1 saturated carbocycles. The number of hydrogen-bond donors (Lipinski definition) is 3. The van der Waals surface area contributed by atoms with Gasteiger partial charge in [-0.2, -0.15) is 5.10 Å². The molecule has 6 aromatic heterocycles. The van der Waals surface area contributed by atoms with Crippen molar-refractivity contribution in [1.29, 1.82) is 0 Å². The van der Waals surface area contributed by atoms with Crippen LogP contribution in [0.2, 0.25) is 0 Å². The van der Waals surface area contributed by atoms with Crippen LogP contribution in [0.15, 0.2) is 85.9 Å². The van der Waals surface area contributed by atoms with Crippen LogP contribution in [0, 0.1) is 5.92 Å². The second kappa shape index (κ2) is 8.67. The van der Waals surface area contributed by atoms with Gasteiger partial charge in [0.25, 0.3) is 0 Å². The van der Waals surface area contributed by atoms with E-state index in [0.29, 0.717) is 11.6 Å². The molecule has 37 heavy (non-hydrogen) atoms. The monoisotopic (exact) mass is 484 g/mol. The number of anilines is 1. The van der Waals surface area contributed by atoms with Gasteiger partial charge in [-0.1, -0.05) is 13.0 Å². The highest BCUT2D eigenvalue weighted by atomic mass is 15.2. The summed E-state index contributed by atoms with van der Waals surface area (Å²) in [7, 11) is 0. The van der Waals surface area contributed by atoms with Crippen LogP contribution in [0.1, 0.15) is 19.3 Å². The third-order valence-corrected chi connectivity index (χ3v) is 7.18. The smallest absolute Gasteiger partial charge is 0.181 e. The maximum atomic E-state index is 4.62. The quantitative estimate of drug-likeness (QED) is 0.254. The highest BCUT2D eigenvalue weighted by Gasteiger charge is 2.21. The number of aromatic nitrogens is 7. The minimum Gasteiger partial charge on any atom is -0.358 e. The Hall–Kier alpha value is -4.85. The molecule has 0 unspecified atom stereocenters. The zero-order valence-corrected chi connectivity index (χ0v) is 20.1. The van der Waals surface area contributed by atoms with E-state index in [9.17, 15) is 0 Å². The van der Waals surface area contributed by atoms with E-state index in [1.807, 2.05) is 43.0 Å². The van der Waals surface area contributed by atoms with Gasteiger partial charge in [-0.25, -0.2) is 9.97 Å². The van der Waals surface area contributed by atoms with Gasteiger partial charge < -0.3 is 10.3 Å². The van der Waals surface area contributed by atoms with Crippen LogP contribution in [0.3, 0.4) is 0 Å². The van der Waals surface area contributed by atoms with Crippen molar-refractivity contribution in [2.24, 2.45) is 5.92 Å². The standard InChI is InChI=1S/C29H24N8/c1-17(18-3-2-4-18)34-22-11-20(14-31-16-22)21-12-25-27(36-37-29(25)33-15-21)26-13-24-23(7-10-32-28(24)35-26)19-5-8-30-9-6-19/h5-16,18,34H,1-4H2,(H,32,35)(H,33,36,37). The van der Waals surface area contributed by atoms with E-state index in [1.165, 1.54) is 19.3 Å². The van der Waals surface area contributed by atoms with Crippen LogP contribution in [-0.2, 0) is 0 Å². The first-order valence-corrected chi connectivity index (χ1v) is 12.4. The van der Waals surface area contributed by atoms with E-state index in [-0.39, 0.29) is 0 Å². The molecule has 0 amide bonds. The summed E-state index contributed by atoms with van der Waals surface area (Å²) in [5.41, 5.74) is 9.36. The van der Waals surface area contributed by atoms with Gasteiger partial charge in [-0.05, 0) is 66.3 Å². The summed E-state index contributed by atoms with van der Waals surface area (Å²) >= 11 is 0. The Kier molecular flexibility index (Phi) is 5.02. The molecule has 0 aliphatic heterocycles. The first kappa shape index (κ1) is 21.4. The highest BCUT2D eigenvalue weighted by Crippen LogP contribution is 2.35. The molecule has 7 rings (SSSR count). The predicted octanol–water partition coefficient (Wildman–Crippen LogP) is 6.35. The lowest BCUT2D eigenvalue weighted by atomic mass is 9.83. The van der Waals surface area contributed by atoms with Gasteiger partial charge in [0.2, 0.25) is 0 Å². The fraction of sp³-hybridized carbons (Fsp3) is 0.138. The number of fused-ring (bicyclic) bond motifs is 2. The van der Waals surface area contributed by atoms with Gasteiger partial charge in [0, 0.05) is 58.6 Å². The van der Waals surface area contributed by atoms with E-state index >= 15 is 0 Å². The minimum atomic E-state index is 0.556. The summed E-state index contributed by atoms with van der Waals surface area (Å²) < 4.78 is 0. The summed E-state index contributed by atoms with van der Waals surface area (Å²) in [5.74, 6) is 0.556. The largest absolute Gasteiger partial charge is 0.358 e. The maximum Gasteiger partial charge on any atom is 0.181 e. The second-order valence-electron chi connectivity index (χ2n) is 9.47. The van der Waals surface area contributed by atoms with Crippen LogP contribution in [0.25, 0.3) is 55.7 Å². The first-order valence-electron chi connectivity index (χ1n) is 12.4. The van der Waals surface area contributed by atoms with E-state index in [4.69, 9.17) is 0 Å². The zero-order valence-electron chi connectivity index (χ0n) is 20.1. The normalized spacial score (nSPS) is 13.6. The van der Waals surface area contributed by atoms with Crippen molar-refractivity contribution in [3.63, 3.8) is 0 Å². The number of H-pyrrole nitrogens is 2. The lowest BCUT2D eigenvalue weighted by molar-refractivity contribution is 0.371. The topological polar surface area (TPSA) is 108 Å². The summed E-state index contributed by atoms with van der Waals surface area (Å²) in [6.07, 6.45) is 14.6. The van der Waals surface area contributed by atoms with Crippen molar-refractivity contribution in [1.82, 2.24) is 35.1 Å². The molecule has 0 bridgehead atoms. The van der Waals surface area contributed by atoms with E-state index in [1.54, 1.807) is 12.4 Å². The van der Waals surface area contributed by atoms with Crippen LogP contribution in [-0.4, -0.2) is 35.1 Å². The van der Waals surface area contributed by atoms with E-state index in [0.717, 1.165) is 61.4 Å². The molecule has 0 saturated heterocycles. The molecule has 1 aliphatic rings. The van der Waals surface area contributed by atoms with Crippen molar-refractivity contribution in [2.45, 2.75) is 19.3 Å². The lowest BCUT2D eigenvalue weighted by Gasteiger charge is -2.28. The highest BCUT2D eigenvalue weighted by molar-refractivity contribution is 5.99. The van der Waals surface area contributed by atoms with Crippen LogP contribution in [0.5, 0.6) is 0 Å². The fourth-order valence-electron chi connectivity index (χ4n) is 4.92. The Balaban J connectivity index is 1.26. The SMILES string of the molecule is C=C(Nc1cncc(-c2cnc3n[nH]c(-c4cc5c(-c6ccncc6)ccnc5[nH]4)c3c2)c1)C1CCC1. The number of nitrogens with zero attached hydrogens (tertiary/aromatic N) is 5. The average molecular weight is 485 g/mol. The van der Waals surface area contributed by atoms with E-state index < -0.39 is 0 Å².